The fraction of sp³-hybridized carbons (Fsp3) is 0.467. The van der Waals surface area contributed by atoms with E-state index >= 15 is 0 Å². The highest BCUT2D eigenvalue weighted by Gasteiger charge is 2.28. The lowest BCUT2D eigenvalue weighted by atomic mass is 9.89. The van der Waals surface area contributed by atoms with Crippen LogP contribution in [0.2, 0.25) is 0 Å². The van der Waals surface area contributed by atoms with Crippen molar-refractivity contribution in [1.29, 1.82) is 0 Å². The van der Waals surface area contributed by atoms with Crippen LogP contribution in [0.15, 0.2) is 18.2 Å². The Balaban J connectivity index is 3.10. The summed E-state index contributed by atoms with van der Waals surface area (Å²) in [4.78, 5) is 23.1. The van der Waals surface area contributed by atoms with E-state index in [-0.39, 0.29) is 11.8 Å². The molecule has 0 bridgehead atoms. The van der Waals surface area contributed by atoms with Crippen LogP contribution in [0.3, 0.4) is 0 Å². The second-order valence-electron chi connectivity index (χ2n) is 4.85. The number of benzene rings is 1. The zero-order valence-electron chi connectivity index (χ0n) is 12.1. The van der Waals surface area contributed by atoms with Crippen LogP contribution in [0.25, 0.3) is 0 Å². The minimum absolute atomic E-state index is 0.142. The maximum Gasteiger partial charge on any atom is 0.328 e. The lowest BCUT2D eigenvalue weighted by Gasteiger charge is -2.24. The molecular formula is C15H21NO3. The van der Waals surface area contributed by atoms with Gasteiger partial charge in [0.2, 0.25) is 5.91 Å². The lowest BCUT2D eigenvalue weighted by Crippen LogP contribution is -2.44. The molecule has 0 aliphatic rings. The van der Waals surface area contributed by atoms with E-state index < -0.39 is 12.0 Å². The van der Waals surface area contributed by atoms with Crippen LogP contribution in [0.1, 0.15) is 36.5 Å². The van der Waals surface area contributed by atoms with E-state index in [0.29, 0.717) is 0 Å². The quantitative estimate of drug-likeness (QED) is 0.846. The molecular weight excluding hydrogens is 242 g/mol. The second kappa shape index (κ2) is 6.36. The largest absolute Gasteiger partial charge is 0.467 e. The van der Waals surface area contributed by atoms with E-state index in [1.54, 1.807) is 0 Å². The lowest BCUT2D eigenvalue weighted by molar-refractivity contribution is -0.145. The van der Waals surface area contributed by atoms with Crippen LogP contribution in [0, 0.1) is 13.8 Å². The summed E-state index contributed by atoms with van der Waals surface area (Å²) < 4.78 is 4.77. The topological polar surface area (TPSA) is 55.4 Å². The minimum atomic E-state index is -0.664. The molecule has 1 aromatic carbocycles. The third-order valence-electron chi connectivity index (χ3n) is 3.24. The minimum Gasteiger partial charge on any atom is -0.467 e. The molecule has 0 saturated carbocycles. The zero-order chi connectivity index (χ0) is 14.6. The number of nitrogens with one attached hydrogen (secondary N) is 1. The highest BCUT2D eigenvalue weighted by molar-refractivity contribution is 5.84. The van der Waals surface area contributed by atoms with Crippen molar-refractivity contribution in [3.8, 4) is 0 Å². The maximum absolute atomic E-state index is 11.8. The standard InChI is InChI=1S/C15H21NO3/c1-9-6-7-10(2)13(8-9)11(3)14(15(18)19-5)16-12(4)17/h6-8,11,14H,1-5H3,(H,16,17)/t11-,14+/m1/s1. The molecule has 0 fully saturated rings. The molecule has 2 atom stereocenters. The van der Waals surface area contributed by atoms with Crippen molar-refractivity contribution in [1.82, 2.24) is 5.32 Å². The first kappa shape index (κ1) is 15.2. The second-order valence-corrected chi connectivity index (χ2v) is 4.85. The van der Waals surface area contributed by atoms with Crippen LogP contribution in [-0.4, -0.2) is 25.0 Å². The monoisotopic (exact) mass is 263 g/mol. The number of rotatable bonds is 4. The normalized spacial score (nSPS) is 13.5. The van der Waals surface area contributed by atoms with Gasteiger partial charge in [-0.25, -0.2) is 4.79 Å². The van der Waals surface area contributed by atoms with Crippen molar-refractivity contribution in [3.63, 3.8) is 0 Å². The summed E-state index contributed by atoms with van der Waals surface area (Å²) in [5, 5.41) is 2.66. The van der Waals surface area contributed by atoms with Crippen LogP contribution >= 0.6 is 0 Å². The summed E-state index contributed by atoms with van der Waals surface area (Å²) in [6, 6.07) is 5.42. The summed E-state index contributed by atoms with van der Waals surface area (Å²) in [6.07, 6.45) is 0. The number of amides is 1. The molecule has 4 nitrogen and oxygen atoms in total. The predicted octanol–water partition coefficient (Wildman–Crippen LogP) is 2.08. The molecule has 0 spiro atoms. The van der Waals surface area contributed by atoms with Gasteiger partial charge in [0.1, 0.15) is 6.04 Å². The Hall–Kier alpha value is -1.84. The number of hydrogen-bond donors (Lipinski definition) is 1. The number of carbonyl (C=O) groups is 2. The fourth-order valence-corrected chi connectivity index (χ4v) is 2.16. The molecule has 104 valence electrons. The van der Waals surface area contributed by atoms with E-state index in [1.807, 2.05) is 39.0 Å². The Bertz CT molecular complexity index is 482. The fourth-order valence-electron chi connectivity index (χ4n) is 2.16. The molecule has 0 saturated heterocycles. The Labute approximate surface area is 114 Å². The van der Waals surface area contributed by atoms with E-state index in [9.17, 15) is 9.59 Å². The first-order chi connectivity index (χ1) is 8.86. The Morgan fingerprint density at radius 2 is 1.89 bits per heavy atom. The van der Waals surface area contributed by atoms with Crippen molar-refractivity contribution >= 4 is 11.9 Å². The first-order valence-corrected chi connectivity index (χ1v) is 6.29. The van der Waals surface area contributed by atoms with E-state index in [0.717, 1.165) is 16.7 Å². The molecule has 19 heavy (non-hydrogen) atoms. The van der Waals surface area contributed by atoms with Crippen molar-refractivity contribution in [3.05, 3.63) is 34.9 Å². The van der Waals surface area contributed by atoms with Crippen molar-refractivity contribution < 1.29 is 14.3 Å². The van der Waals surface area contributed by atoms with Gasteiger partial charge in [-0.15, -0.1) is 0 Å². The number of aryl methyl sites for hydroxylation is 2. The third kappa shape index (κ3) is 3.81. The molecule has 1 amide bonds. The van der Waals surface area contributed by atoms with Crippen molar-refractivity contribution in [2.45, 2.75) is 39.7 Å². The van der Waals surface area contributed by atoms with Gasteiger partial charge in [0, 0.05) is 12.8 Å². The van der Waals surface area contributed by atoms with Crippen LogP contribution in [0.5, 0.6) is 0 Å². The third-order valence-corrected chi connectivity index (χ3v) is 3.24. The summed E-state index contributed by atoms with van der Waals surface area (Å²) in [6.45, 7) is 7.31. The molecule has 1 aromatic rings. The average molecular weight is 263 g/mol. The predicted molar refractivity (Wildman–Crippen MR) is 74.0 cm³/mol. The Kier molecular flexibility index (Phi) is 5.10. The van der Waals surface area contributed by atoms with Gasteiger partial charge in [0.05, 0.1) is 7.11 Å². The van der Waals surface area contributed by atoms with Crippen LogP contribution in [0.4, 0.5) is 0 Å². The maximum atomic E-state index is 11.8. The molecule has 0 heterocycles. The number of carbonyl (C=O) groups excluding carboxylic acids is 2. The molecule has 1 N–H and O–H groups in total. The Morgan fingerprint density at radius 1 is 1.26 bits per heavy atom. The van der Waals surface area contributed by atoms with Gasteiger partial charge in [-0.1, -0.05) is 30.7 Å². The Morgan fingerprint density at radius 3 is 2.42 bits per heavy atom. The summed E-state index contributed by atoms with van der Waals surface area (Å²) in [7, 11) is 1.33. The van der Waals surface area contributed by atoms with E-state index in [1.165, 1.54) is 14.0 Å². The number of hydrogen-bond acceptors (Lipinski definition) is 3. The smallest absolute Gasteiger partial charge is 0.328 e. The van der Waals surface area contributed by atoms with Crippen LogP contribution in [-0.2, 0) is 14.3 Å². The summed E-state index contributed by atoms with van der Waals surface area (Å²) >= 11 is 0. The van der Waals surface area contributed by atoms with Crippen molar-refractivity contribution in [2.75, 3.05) is 7.11 Å². The average Bonchev–Trinajstić information content (AvgIpc) is 2.37. The molecule has 0 unspecified atom stereocenters. The van der Waals surface area contributed by atoms with Gasteiger partial charge in [-0.3, -0.25) is 4.79 Å². The van der Waals surface area contributed by atoms with E-state index in [4.69, 9.17) is 4.74 Å². The SMILES string of the molecule is COC(=O)[C@@H](NC(C)=O)[C@H](C)c1cc(C)ccc1C. The van der Waals surface area contributed by atoms with Crippen molar-refractivity contribution in [2.24, 2.45) is 0 Å². The summed E-state index contributed by atoms with van der Waals surface area (Å²) in [5.41, 5.74) is 3.26. The number of esters is 1. The van der Waals surface area contributed by atoms with Gasteiger partial charge in [-0.2, -0.15) is 0 Å². The zero-order valence-corrected chi connectivity index (χ0v) is 12.1. The molecule has 0 aliphatic carbocycles. The highest BCUT2D eigenvalue weighted by Crippen LogP contribution is 2.24. The van der Waals surface area contributed by atoms with Gasteiger partial charge in [-0.05, 0) is 25.0 Å². The summed E-state index contributed by atoms with van der Waals surface area (Å²) in [5.74, 6) is -0.813. The van der Waals surface area contributed by atoms with Gasteiger partial charge in [0.25, 0.3) is 0 Å². The number of ether oxygens (including phenoxy) is 1. The van der Waals surface area contributed by atoms with Crippen LogP contribution < -0.4 is 5.32 Å². The van der Waals surface area contributed by atoms with Gasteiger partial charge in [0.15, 0.2) is 0 Å². The van der Waals surface area contributed by atoms with Gasteiger partial charge >= 0.3 is 5.97 Å². The molecule has 1 rings (SSSR count). The molecule has 4 heteroatoms. The molecule has 0 radical (unpaired) electrons. The highest BCUT2D eigenvalue weighted by atomic mass is 16.5. The van der Waals surface area contributed by atoms with Gasteiger partial charge < -0.3 is 10.1 Å². The first-order valence-electron chi connectivity index (χ1n) is 6.29. The molecule has 0 aliphatic heterocycles. The molecule has 0 aromatic heterocycles. The van der Waals surface area contributed by atoms with E-state index in [2.05, 4.69) is 5.32 Å². The number of methoxy groups -OCH3 is 1.